The molecule has 3 nitrogen and oxygen atoms in total. The summed E-state index contributed by atoms with van der Waals surface area (Å²) < 4.78 is 0. The number of rotatable bonds is 3. The second-order valence-electron chi connectivity index (χ2n) is 2.84. The Bertz CT molecular complexity index is 138. The van der Waals surface area contributed by atoms with Gasteiger partial charge in [0.15, 0.2) is 0 Å². The van der Waals surface area contributed by atoms with E-state index in [4.69, 9.17) is 0 Å². The molecule has 0 aliphatic heterocycles. The topological polar surface area (TPSA) is 35.5 Å². The van der Waals surface area contributed by atoms with Crippen LogP contribution in [0.4, 0.5) is 0 Å². The summed E-state index contributed by atoms with van der Waals surface area (Å²) in [4.78, 5) is 19.9. The average Bonchev–Trinajstić information content (AvgIpc) is 2.64. The van der Waals surface area contributed by atoms with E-state index in [1.165, 1.54) is 0 Å². The highest BCUT2D eigenvalue weighted by Crippen LogP contribution is 2.45. The molecule has 0 aromatic carbocycles. The third-order valence-corrected chi connectivity index (χ3v) is 1.75. The average molecular weight is 144 g/mol. The van der Waals surface area contributed by atoms with Crippen molar-refractivity contribution in [2.45, 2.75) is 26.7 Å². The van der Waals surface area contributed by atoms with Crippen LogP contribution in [0.1, 0.15) is 26.7 Å². The van der Waals surface area contributed by atoms with Crippen LogP contribution in [0, 0.1) is 5.41 Å². The number of hydrogen-bond donors (Lipinski definition) is 0. The Morgan fingerprint density at radius 1 is 1.60 bits per heavy atom. The van der Waals surface area contributed by atoms with Gasteiger partial charge in [-0.15, -0.1) is 0 Å². The first-order valence-corrected chi connectivity index (χ1v) is 3.53. The third-order valence-electron chi connectivity index (χ3n) is 1.75. The summed E-state index contributed by atoms with van der Waals surface area (Å²) in [6.45, 7) is 4.08. The Labute approximate surface area is 60.2 Å². The van der Waals surface area contributed by atoms with Crippen molar-refractivity contribution in [1.82, 2.24) is 0 Å². The second kappa shape index (κ2) is 2.58. The van der Waals surface area contributed by atoms with E-state index in [9.17, 15) is 4.79 Å². The zero-order chi connectivity index (χ0) is 7.61. The minimum Gasteiger partial charge on any atom is -0.298 e. The minimum absolute atomic E-state index is 0.227. The molecule has 0 spiro atoms. The molecule has 0 bridgehead atoms. The van der Waals surface area contributed by atoms with E-state index in [0.29, 0.717) is 6.61 Å². The van der Waals surface area contributed by atoms with Crippen LogP contribution in [0.5, 0.6) is 0 Å². The van der Waals surface area contributed by atoms with Crippen LogP contribution >= 0.6 is 0 Å². The zero-order valence-electron chi connectivity index (χ0n) is 6.35. The number of carbonyl (C=O) groups excluding carboxylic acids is 1. The second-order valence-corrected chi connectivity index (χ2v) is 2.84. The first kappa shape index (κ1) is 7.54. The summed E-state index contributed by atoms with van der Waals surface area (Å²) >= 11 is 0. The van der Waals surface area contributed by atoms with Crippen LogP contribution in [-0.4, -0.2) is 12.6 Å². The van der Waals surface area contributed by atoms with Crippen LogP contribution in [0.25, 0.3) is 0 Å². The molecular formula is C7H12O3. The van der Waals surface area contributed by atoms with Crippen LogP contribution in [0.15, 0.2) is 0 Å². The predicted octanol–water partition coefficient (Wildman–Crippen LogP) is 1.28. The van der Waals surface area contributed by atoms with E-state index in [0.717, 1.165) is 12.8 Å². The molecule has 3 heteroatoms. The van der Waals surface area contributed by atoms with Gasteiger partial charge in [-0.05, 0) is 26.7 Å². The number of hydrogen-bond acceptors (Lipinski definition) is 3. The Kier molecular flexibility index (Phi) is 1.94. The molecule has 10 heavy (non-hydrogen) atoms. The van der Waals surface area contributed by atoms with E-state index >= 15 is 0 Å². The van der Waals surface area contributed by atoms with Gasteiger partial charge in [0.05, 0.1) is 12.0 Å². The summed E-state index contributed by atoms with van der Waals surface area (Å²) in [6.07, 6.45) is 1.86. The highest BCUT2D eigenvalue weighted by atomic mass is 17.2. The van der Waals surface area contributed by atoms with Crippen molar-refractivity contribution in [2.75, 3.05) is 6.61 Å². The van der Waals surface area contributed by atoms with Crippen molar-refractivity contribution in [3.8, 4) is 0 Å². The molecule has 0 atom stereocenters. The summed E-state index contributed by atoms with van der Waals surface area (Å²) in [7, 11) is 0. The van der Waals surface area contributed by atoms with E-state index in [1.54, 1.807) is 6.92 Å². The lowest BCUT2D eigenvalue weighted by molar-refractivity contribution is -0.274. The maximum atomic E-state index is 10.9. The smallest absolute Gasteiger partial charge is 0.298 e. The highest BCUT2D eigenvalue weighted by molar-refractivity contribution is 5.78. The predicted molar refractivity (Wildman–Crippen MR) is 35.1 cm³/mol. The van der Waals surface area contributed by atoms with Gasteiger partial charge in [0.1, 0.15) is 0 Å². The SMILES string of the molecule is CCOOC(=O)C1(C)CC1. The fourth-order valence-electron chi connectivity index (χ4n) is 0.605. The summed E-state index contributed by atoms with van der Waals surface area (Å²) in [5, 5.41) is 0. The van der Waals surface area contributed by atoms with Crippen molar-refractivity contribution in [1.29, 1.82) is 0 Å². The van der Waals surface area contributed by atoms with Gasteiger partial charge in [-0.25, -0.2) is 4.79 Å². The van der Waals surface area contributed by atoms with Gasteiger partial charge in [-0.3, -0.25) is 4.89 Å². The largest absolute Gasteiger partial charge is 0.348 e. The molecule has 1 rings (SSSR count). The molecule has 0 heterocycles. The van der Waals surface area contributed by atoms with Gasteiger partial charge in [-0.1, -0.05) is 0 Å². The van der Waals surface area contributed by atoms with Gasteiger partial charge in [0, 0.05) is 0 Å². The molecule has 0 aromatic rings. The van der Waals surface area contributed by atoms with Gasteiger partial charge in [0.2, 0.25) is 0 Å². The van der Waals surface area contributed by atoms with Crippen molar-refractivity contribution >= 4 is 5.97 Å². The molecule has 0 aromatic heterocycles. The van der Waals surface area contributed by atoms with Gasteiger partial charge >= 0.3 is 5.97 Å². The standard InChI is InChI=1S/C7H12O3/c1-3-9-10-6(8)7(2)4-5-7/h3-5H2,1-2H3. The van der Waals surface area contributed by atoms with Crippen LogP contribution in [-0.2, 0) is 14.6 Å². The summed E-state index contributed by atoms with van der Waals surface area (Å²) in [5.41, 5.74) is -0.227. The molecule has 0 amide bonds. The molecule has 58 valence electrons. The third kappa shape index (κ3) is 1.48. The summed E-state index contributed by atoms with van der Waals surface area (Å²) in [6, 6.07) is 0. The van der Waals surface area contributed by atoms with E-state index in [-0.39, 0.29) is 11.4 Å². The van der Waals surface area contributed by atoms with Gasteiger partial charge in [0.25, 0.3) is 0 Å². The summed E-state index contributed by atoms with van der Waals surface area (Å²) in [5.74, 6) is -0.227. The molecule has 0 radical (unpaired) electrons. The van der Waals surface area contributed by atoms with Gasteiger partial charge in [-0.2, -0.15) is 4.89 Å². The Morgan fingerprint density at radius 2 is 2.20 bits per heavy atom. The van der Waals surface area contributed by atoms with Crippen LogP contribution < -0.4 is 0 Å². The molecule has 0 unspecified atom stereocenters. The monoisotopic (exact) mass is 144 g/mol. The molecule has 1 aliphatic rings. The first-order valence-electron chi connectivity index (χ1n) is 3.53. The number of carbonyl (C=O) groups is 1. The quantitative estimate of drug-likeness (QED) is 0.442. The molecular weight excluding hydrogens is 132 g/mol. The fourth-order valence-corrected chi connectivity index (χ4v) is 0.605. The highest BCUT2D eigenvalue weighted by Gasteiger charge is 2.47. The lowest BCUT2D eigenvalue weighted by atomic mass is 10.2. The molecule has 0 N–H and O–H groups in total. The molecule has 0 saturated heterocycles. The lowest BCUT2D eigenvalue weighted by Crippen LogP contribution is -2.15. The Balaban J connectivity index is 2.22. The van der Waals surface area contributed by atoms with E-state index in [1.807, 2.05) is 6.92 Å². The molecule has 1 fully saturated rings. The lowest BCUT2D eigenvalue weighted by Gasteiger charge is -2.04. The van der Waals surface area contributed by atoms with Crippen molar-refractivity contribution in [2.24, 2.45) is 5.41 Å². The van der Waals surface area contributed by atoms with Gasteiger partial charge < -0.3 is 0 Å². The van der Waals surface area contributed by atoms with Crippen molar-refractivity contribution in [3.05, 3.63) is 0 Å². The maximum Gasteiger partial charge on any atom is 0.348 e. The fraction of sp³-hybridized carbons (Fsp3) is 0.857. The molecule has 1 saturated carbocycles. The van der Waals surface area contributed by atoms with Crippen molar-refractivity contribution < 1.29 is 14.6 Å². The van der Waals surface area contributed by atoms with Crippen LogP contribution in [0.2, 0.25) is 0 Å². The zero-order valence-corrected chi connectivity index (χ0v) is 6.35. The normalized spacial score (nSPS) is 20.2. The van der Waals surface area contributed by atoms with E-state index in [2.05, 4.69) is 9.78 Å². The first-order chi connectivity index (χ1) is 4.69. The van der Waals surface area contributed by atoms with E-state index < -0.39 is 0 Å². The van der Waals surface area contributed by atoms with Crippen LogP contribution in [0.3, 0.4) is 0 Å². The minimum atomic E-state index is -0.227. The maximum absolute atomic E-state index is 10.9. The van der Waals surface area contributed by atoms with Crippen molar-refractivity contribution in [3.63, 3.8) is 0 Å². The Morgan fingerprint density at radius 3 is 2.60 bits per heavy atom. The molecule has 1 aliphatic carbocycles. The Hall–Kier alpha value is -0.570.